The van der Waals surface area contributed by atoms with E-state index in [1.54, 1.807) is 13.0 Å². The van der Waals surface area contributed by atoms with Crippen molar-refractivity contribution in [2.45, 2.75) is 6.92 Å². The Balaban J connectivity index is 2.28. The summed E-state index contributed by atoms with van der Waals surface area (Å²) in [6.45, 7) is 2.11. The summed E-state index contributed by atoms with van der Waals surface area (Å²) < 4.78 is 33.2. The molecule has 2 rings (SSSR count). The van der Waals surface area contributed by atoms with Gasteiger partial charge in [-0.15, -0.1) is 0 Å². The predicted molar refractivity (Wildman–Crippen MR) is 84.0 cm³/mol. The molecule has 2 aromatic rings. The van der Waals surface area contributed by atoms with Crippen molar-refractivity contribution in [3.63, 3.8) is 0 Å². The molecule has 0 unspecified atom stereocenters. The van der Waals surface area contributed by atoms with Crippen LogP contribution in [0, 0.1) is 11.6 Å². The lowest BCUT2D eigenvalue weighted by Crippen LogP contribution is -2.16. The van der Waals surface area contributed by atoms with Gasteiger partial charge in [-0.3, -0.25) is 4.79 Å². The predicted octanol–water partition coefficient (Wildman–Crippen LogP) is 3.08. The first-order chi connectivity index (χ1) is 10.9. The van der Waals surface area contributed by atoms with Gasteiger partial charge in [-0.25, -0.2) is 13.8 Å². The summed E-state index contributed by atoms with van der Waals surface area (Å²) in [5.74, 6) is -1.92. The third-order valence-corrected chi connectivity index (χ3v) is 3.02. The molecule has 0 atom stereocenters. The van der Waals surface area contributed by atoms with Crippen LogP contribution in [0.15, 0.2) is 30.5 Å². The molecule has 0 aliphatic rings. The smallest absolute Gasteiger partial charge is 0.261 e. The minimum absolute atomic E-state index is 0.0156. The number of aromatic nitrogens is 1. The van der Waals surface area contributed by atoms with E-state index in [2.05, 4.69) is 10.3 Å². The summed E-state index contributed by atoms with van der Waals surface area (Å²) in [6, 6.07) is 5.22. The van der Waals surface area contributed by atoms with Crippen LogP contribution in [0.4, 0.5) is 20.2 Å². The lowest BCUT2D eigenvalue weighted by molar-refractivity contribution is 0.102. The van der Waals surface area contributed by atoms with Crippen molar-refractivity contribution in [3.05, 3.63) is 47.7 Å². The molecule has 1 N–H and O–H groups in total. The maximum Gasteiger partial charge on any atom is 0.261 e. The second-order valence-electron chi connectivity index (χ2n) is 4.93. The van der Waals surface area contributed by atoms with Crippen molar-refractivity contribution in [3.8, 4) is 5.88 Å². The molecule has 0 saturated carbocycles. The molecule has 0 saturated heterocycles. The van der Waals surface area contributed by atoms with E-state index in [9.17, 15) is 13.6 Å². The van der Waals surface area contributed by atoms with Crippen LogP contribution in [0.5, 0.6) is 5.88 Å². The highest BCUT2D eigenvalue weighted by Crippen LogP contribution is 2.26. The Morgan fingerprint density at radius 2 is 1.96 bits per heavy atom. The van der Waals surface area contributed by atoms with E-state index >= 15 is 0 Å². The van der Waals surface area contributed by atoms with Crippen LogP contribution < -0.4 is 15.0 Å². The zero-order valence-corrected chi connectivity index (χ0v) is 13.1. The molecule has 7 heteroatoms. The molecular weight excluding hydrogens is 304 g/mol. The maximum atomic E-state index is 13.9. The largest absolute Gasteiger partial charge is 0.477 e. The van der Waals surface area contributed by atoms with Crippen molar-refractivity contribution < 1.29 is 18.3 Å². The zero-order chi connectivity index (χ0) is 17.0. The van der Waals surface area contributed by atoms with E-state index in [0.29, 0.717) is 6.61 Å². The molecule has 1 heterocycles. The molecular formula is C16H17F2N3O2. The monoisotopic (exact) mass is 321 g/mol. The summed E-state index contributed by atoms with van der Waals surface area (Å²) in [4.78, 5) is 17.6. The number of hydrogen-bond donors (Lipinski definition) is 1. The number of rotatable bonds is 5. The number of carbonyl (C=O) groups is 1. The molecule has 1 aromatic heterocycles. The Kier molecular flexibility index (Phi) is 5.10. The van der Waals surface area contributed by atoms with Gasteiger partial charge in [0.2, 0.25) is 5.88 Å². The van der Waals surface area contributed by atoms with Gasteiger partial charge in [0.1, 0.15) is 11.3 Å². The van der Waals surface area contributed by atoms with E-state index in [0.717, 1.165) is 12.1 Å². The van der Waals surface area contributed by atoms with Crippen LogP contribution in [0.3, 0.4) is 0 Å². The fourth-order valence-electron chi connectivity index (χ4n) is 2.08. The Morgan fingerprint density at radius 3 is 2.52 bits per heavy atom. The Hall–Kier alpha value is -2.70. The van der Waals surface area contributed by atoms with Gasteiger partial charge in [0.25, 0.3) is 5.91 Å². The SMILES string of the molecule is CCOc1ncccc1C(=O)Nc1cc(F)c(N(C)C)c(F)c1. The lowest BCUT2D eigenvalue weighted by atomic mass is 10.2. The summed E-state index contributed by atoms with van der Waals surface area (Å²) in [6.07, 6.45) is 1.49. The van der Waals surface area contributed by atoms with Crippen molar-refractivity contribution in [2.75, 3.05) is 30.9 Å². The number of benzene rings is 1. The number of ether oxygens (including phenoxy) is 1. The average Bonchev–Trinajstić information content (AvgIpc) is 2.46. The molecule has 0 fully saturated rings. The summed E-state index contributed by atoms with van der Waals surface area (Å²) in [5.41, 5.74) is 0.0353. The van der Waals surface area contributed by atoms with Gasteiger partial charge in [0.15, 0.2) is 11.6 Å². The van der Waals surface area contributed by atoms with Crippen molar-refractivity contribution in [2.24, 2.45) is 0 Å². The zero-order valence-electron chi connectivity index (χ0n) is 13.1. The number of carbonyl (C=O) groups excluding carboxylic acids is 1. The highest BCUT2D eigenvalue weighted by Gasteiger charge is 2.17. The third kappa shape index (κ3) is 3.74. The Bertz CT molecular complexity index is 697. The van der Waals surface area contributed by atoms with Crippen LogP contribution in [0.25, 0.3) is 0 Å². The van der Waals surface area contributed by atoms with Gasteiger partial charge in [0, 0.05) is 26.0 Å². The van der Waals surface area contributed by atoms with E-state index in [4.69, 9.17) is 4.74 Å². The van der Waals surface area contributed by atoms with Gasteiger partial charge >= 0.3 is 0 Å². The van der Waals surface area contributed by atoms with Gasteiger partial charge < -0.3 is 15.0 Å². The molecule has 0 radical (unpaired) electrons. The number of nitrogens with zero attached hydrogens (tertiary/aromatic N) is 2. The number of amides is 1. The number of anilines is 2. The minimum atomic E-state index is -0.762. The maximum absolute atomic E-state index is 13.9. The number of pyridine rings is 1. The van der Waals surface area contributed by atoms with Crippen LogP contribution in [0.1, 0.15) is 17.3 Å². The van der Waals surface area contributed by atoms with E-state index in [1.807, 2.05) is 0 Å². The van der Waals surface area contributed by atoms with Gasteiger partial charge in [-0.1, -0.05) is 0 Å². The second kappa shape index (κ2) is 7.04. The first-order valence-electron chi connectivity index (χ1n) is 6.99. The van der Waals surface area contributed by atoms with Crippen LogP contribution in [-0.4, -0.2) is 31.6 Å². The molecule has 122 valence electrons. The average molecular weight is 321 g/mol. The Morgan fingerprint density at radius 1 is 1.30 bits per heavy atom. The van der Waals surface area contributed by atoms with Crippen LogP contribution >= 0.6 is 0 Å². The second-order valence-corrected chi connectivity index (χ2v) is 4.93. The lowest BCUT2D eigenvalue weighted by Gasteiger charge is -2.16. The van der Waals surface area contributed by atoms with Gasteiger partial charge in [0.05, 0.1) is 6.61 Å². The highest BCUT2D eigenvalue weighted by atomic mass is 19.1. The number of nitrogens with one attached hydrogen (secondary N) is 1. The fraction of sp³-hybridized carbons (Fsp3) is 0.250. The Labute approximate surface area is 132 Å². The number of halogens is 2. The quantitative estimate of drug-likeness (QED) is 0.919. The van der Waals surface area contributed by atoms with Crippen LogP contribution in [0.2, 0.25) is 0 Å². The standard InChI is InChI=1S/C16H17F2N3O2/c1-4-23-16-11(6-5-7-19-16)15(22)20-10-8-12(17)14(21(2)3)13(18)9-10/h5-9H,4H2,1-3H3,(H,20,22). The van der Waals surface area contributed by atoms with Crippen molar-refractivity contribution in [1.82, 2.24) is 4.98 Å². The molecule has 0 bridgehead atoms. The topological polar surface area (TPSA) is 54.5 Å². The first kappa shape index (κ1) is 16.7. The fourth-order valence-corrected chi connectivity index (χ4v) is 2.08. The van der Waals surface area contributed by atoms with E-state index in [1.165, 1.54) is 31.3 Å². The minimum Gasteiger partial charge on any atom is -0.477 e. The van der Waals surface area contributed by atoms with Crippen molar-refractivity contribution in [1.29, 1.82) is 0 Å². The summed E-state index contributed by atoms with van der Waals surface area (Å²) in [7, 11) is 3.06. The van der Waals surface area contributed by atoms with E-state index in [-0.39, 0.29) is 22.8 Å². The number of hydrogen-bond acceptors (Lipinski definition) is 4. The molecule has 0 aliphatic heterocycles. The van der Waals surface area contributed by atoms with Crippen molar-refractivity contribution >= 4 is 17.3 Å². The molecule has 23 heavy (non-hydrogen) atoms. The van der Waals surface area contributed by atoms with E-state index < -0.39 is 17.5 Å². The summed E-state index contributed by atoms with van der Waals surface area (Å²) in [5, 5.41) is 2.45. The molecule has 1 amide bonds. The molecule has 0 spiro atoms. The van der Waals surface area contributed by atoms with Crippen LogP contribution in [-0.2, 0) is 0 Å². The van der Waals surface area contributed by atoms with Gasteiger partial charge in [-0.05, 0) is 31.2 Å². The molecule has 1 aromatic carbocycles. The first-order valence-corrected chi connectivity index (χ1v) is 6.99. The third-order valence-electron chi connectivity index (χ3n) is 3.02. The summed E-state index contributed by atoms with van der Waals surface area (Å²) >= 11 is 0. The van der Waals surface area contributed by atoms with Gasteiger partial charge in [-0.2, -0.15) is 0 Å². The highest BCUT2D eigenvalue weighted by molar-refractivity contribution is 6.05. The molecule has 5 nitrogen and oxygen atoms in total. The molecule has 0 aliphatic carbocycles. The normalized spacial score (nSPS) is 10.3.